The highest BCUT2D eigenvalue weighted by molar-refractivity contribution is 5.93. The molecule has 1 unspecified atom stereocenters. The number of aromatic nitrogens is 1. The largest absolute Gasteiger partial charge is 0.489 e. The minimum Gasteiger partial charge on any atom is -0.489 e. The van der Waals surface area contributed by atoms with Gasteiger partial charge in [0.25, 0.3) is 0 Å². The lowest BCUT2D eigenvalue weighted by Gasteiger charge is -2.15. The number of aliphatic hydroxyl groups is 1. The summed E-state index contributed by atoms with van der Waals surface area (Å²) in [5.74, 6) is 0.273. The summed E-state index contributed by atoms with van der Waals surface area (Å²) in [5.41, 5.74) is 10.7. The Labute approximate surface area is 209 Å². The van der Waals surface area contributed by atoms with Crippen molar-refractivity contribution >= 4 is 16.9 Å². The number of carbonyl (C=O) groups excluding carboxylic acids is 1. The molecule has 8 nitrogen and oxygen atoms in total. The molecule has 3 N–H and O–H groups in total. The zero-order chi connectivity index (χ0) is 25.5. The molecule has 0 aliphatic carbocycles. The molecular formula is C28H30N2O6. The number of hydrogen-bond acceptors (Lipinski definition) is 8. The van der Waals surface area contributed by atoms with E-state index >= 15 is 0 Å². The third-order valence-corrected chi connectivity index (χ3v) is 5.72. The summed E-state index contributed by atoms with van der Waals surface area (Å²) in [6, 6.07) is 16.5. The van der Waals surface area contributed by atoms with Gasteiger partial charge < -0.3 is 29.5 Å². The molecule has 2 atom stereocenters. The van der Waals surface area contributed by atoms with Crippen LogP contribution in [-0.2, 0) is 27.3 Å². The van der Waals surface area contributed by atoms with Crippen molar-refractivity contribution in [3.63, 3.8) is 0 Å². The number of benzene rings is 2. The number of pyridine rings is 1. The number of methoxy groups -OCH3 is 1. The fourth-order valence-corrected chi connectivity index (χ4v) is 4.00. The van der Waals surface area contributed by atoms with E-state index in [-0.39, 0.29) is 31.7 Å². The number of furan rings is 1. The molecule has 36 heavy (non-hydrogen) atoms. The van der Waals surface area contributed by atoms with Crippen molar-refractivity contribution in [1.29, 1.82) is 0 Å². The maximum absolute atomic E-state index is 12.4. The second-order valence-electron chi connectivity index (χ2n) is 8.57. The molecule has 4 aromatic rings. The predicted octanol–water partition coefficient (Wildman–Crippen LogP) is 4.19. The molecule has 8 heteroatoms. The Hall–Kier alpha value is -3.72. The Morgan fingerprint density at radius 2 is 2.00 bits per heavy atom. The number of hydrogen-bond donors (Lipinski definition) is 2. The van der Waals surface area contributed by atoms with Gasteiger partial charge in [-0.05, 0) is 54.4 Å². The molecule has 0 fully saturated rings. The Morgan fingerprint density at radius 1 is 1.17 bits per heavy atom. The Balaban J connectivity index is 1.55. The summed E-state index contributed by atoms with van der Waals surface area (Å²) in [5, 5.41) is 10.4. The van der Waals surface area contributed by atoms with Crippen LogP contribution in [0.1, 0.15) is 29.8 Å². The van der Waals surface area contributed by atoms with Gasteiger partial charge in [0.05, 0.1) is 37.6 Å². The number of para-hydroxylation sites is 1. The van der Waals surface area contributed by atoms with Crippen molar-refractivity contribution in [3.8, 4) is 16.9 Å². The van der Waals surface area contributed by atoms with E-state index in [9.17, 15) is 9.90 Å². The smallest absolute Gasteiger partial charge is 0.310 e. The fraction of sp³-hybridized carbons (Fsp3) is 0.286. The molecule has 0 aliphatic heterocycles. The lowest BCUT2D eigenvalue weighted by Crippen LogP contribution is -2.21. The third-order valence-electron chi connectivity index (χ3n) is 5.72. The Morgan fingerprint density at radius 3 is 2.81 bits per heavy atom. The first-order valence-electron chi connectivity index (χ1n) is 11.7. The van der Waals surface area contributed by atoms with Gasteiger partial charge in [0, 0.05) is 29.8 Å². The highest BCUT2D eigenvalue weighted by Crippen LogP contribution is 2.32. The molecule has 0 radical (unpaired) electrons. The maximum atomic E-state index is 12.4. The van der Waals surface area contributed by atoms with Crippen molar-refractivity contribution < 1.29 is 28.5 Å². The van der Waals surface area contributed by atoms with Gasteiger partial charge in [-0.25, -0.2) is 0 Å². The molecule has 0 bridgehead atoms. The third kappa shape index (κ3) is 6.09. The van der Waals surface area contributed by atoms with E-state index in [0.29, 0.717) is 18.1 Å². The second kappa shape index (κ2) is 11.8. The van der Waals surface area contributed by atoms with Crippen LogP contribution in [0.5, 0.6) is 5.75 Å². The molecule has 2 aromatic carbocycles. The topological polar surface area (TPSA) is 117 Å². The first-order chi connectivity index (χ1) is 17.5. The van der Waals surface area contributed by atoms with Crippen LogP contribution in [0.25, 0.3) is 22.1 Å². The lowest BCUT2D eigenvalue weighted by atomic mass is 10.00. The van der Waals surface area contributed by atoms with Crippen molar-refractivity contribution in [2.75, 3.05) is 20.3 Å². The van der Waals surface area contributed by atoms with Gasteiger partial charge in [0.1, 0.15) is 24.0 Å². The lowest BCUT2D eigenvalue weighted by molar-refractivity contribution is -0.149. The number of aliphatic hydroxyl groups excluding tert-OH is 1. The molecule has 188 valence electrons. The maximum Gasteiger partial charge on any atom is 0.310 e. The normalized spacial score (nSPS) is 12.9. The number of ether oxygens (including phenoxy) is 3. The number of esters is 1. The summed E-state index contributed by atoms with van der Waals surface area (Å²) < 4.78 is 22.3. The van der Waals surface area contributed by atoms with Crippen molar-refractivity contribution in [3.05, 3.63) is 83.9 Å². The molecule has 0 spiro atoms. The molecule has 0 aliphatic rings. The average molecular weight is 491 g/mol. The van der Waals surface area contributed by atoms with Gasteiger partial charge >= 0.3 is 5.97 Å². The SMILES string of the molecule is COCC(C)OC(=O)Cc1ccccc1OCc1cc(-c2ccnc([C@H](N)CO)c2)c2occc2c1. The van der Waals surface area contributed by atoms with Gasteiger partial charge in [-0.3, -0.25) is 9.78 Å². The van der Waals surface area contributed by atoms with Crippen molar-refractivity contribution in [2.24, 2.45) is 5.73 Å². The van der Waals surface area contributed by atoms with Crippen LogP contribution in [0.15, 0.2) is 71.5 Å². The fourth-order valence-electron chi connectivity index (χ4n) is 4.00. The number of fused-ring (bicyclic) bond motifs is 1. The summed E-state index contributed by atoms with van der Waals surface area (Å²) in [6.45, 7) is 2.22. The van der Waals surface area contributed by atoms with E-state index in [2.05, 4.69) is 4.98 Å². The van der Waals surface area contributed by atoms with Crippen LogP contribution in [0.4, 0.5) is 0 Å². The van der Waals surface area contributed by atoms with E-state index in [0.717, 1.165) is 33.2 Å². The quantitative estimate of drug-likeness (QED) is 0.301. The van der Waals surface area contributed by atoms with Gasteiger partial charge in [-0.15, -0.1) is 0 Å². The average Bonchev–Trinajstić information content (AvgIpc) is 3.36. The predicted molar refractivity (Wildman–Crippen MR) is 135 cm³/mol. The minimum atomic E-state index is -0.566. The minimum absolute atomic E-state index is 0.0984. The van der Waals surface area contributed by atoms with Crippen LogP contribution < -0.4 is 10.5 Å². The first kappa shape index (κ1) is 25.4. The molecular weight excluding hydrogens is 460 g/mol. The number of rotatable bonds is 11. The molecule has 2 heterocycles. The molecule has 0 saturated carbocycles. The molecule has 0 saturated heterocycles. The number of nitrogens with zero attached hydrogens (tertiary/aromatic N) is 1. The van der Waals surface area contributed by atoms with Gasteiger partial charge in [-0.1, -0.05) is 18.2 Å². The van der Waals surface area contributed by atoms with Gasteiger partial charge in [0.2, 0.25) is 0 Å². The van der Waals surface area contributed by atoms with Crippen LogP contribution in [0.3, 0.4) is 0 Å². The zero-order valence-corrected chi connectivity index (χ0v) is 20.3. The van der Waals surface area contributed by atoms with Gasteiger partial charge in [-0.2, -0.15) is 0 Å². The summed E-state index contributed by atoms with van der Waals surface area (Å²) >= 11 is 0. The summed E-state index contributed by atoms with van der Waals surface area (Å²) in [4.78, 5) is 16.6. The summed E-state index contributed by atoms with van der Waals surface area (Å²) in [7, 11) is 1.57. The Kier molecular flexibility index (Phi) is 8.32. The van der Waals surface area contributed by atoms with Crippen LogP contribution in [0, 0.1) is 0 Å². The van der Waals surface area contributed by atoms with E-state index in [1.54, 1.807) is 26.5 Å². The Bertz CT molecular complexity index is 1320. The van der Waals surface area contributed by atoms with Crippen LogP contribution in [-0.4, -0.2) is 42.5 Å². The highest BCUT2D eigenvalue weighted by atomic mass is 16.6. The van der Waals surface area contributed by atoms with Crippen molar-refractivity contribution in [1.82, 2.24) is 4.98 Å². The molecule has 4 rings (SSSR count). The van der Waals surface area contributed by atoms with E-state index in [1.807, 2.05) is 54.6 Å². The molecule has 0 amide bonds. The standard InChI is InChI=1S/C28H30N2O6/c1-18(16-33-2)36-27(32)14-21-5-3-4-6-26(21)35-17-19-11-22-8-10-34-28(22)23(12-19)20-7-9-30-25(13-20)24(29)15-31/h3-13,18,24,31H,14-17,29H2,1-2H3/t18?,24-/m1/s1. The van der Waals surface area contributed by atoms with E-state index < -0.39 is 6.04 Å². The monoisotopic (exact) mass is 490 g/mol. The first-order valence-corrected chi connectivity index (χ1v) is 11.7. The van der Waals surface area contributed by atoms with Crippen LogP contribution in [0.2, 0.25) is 0 Å². The zero-order valence-electron chi connectivity index (χ0n) is 20.3. The molecule has 2 aromatic heterocycles. The number of nitrogens with two attached hydrogens (primary N) is 1. The van der Waals surface area contributed by atoms with E-state index in [4.69, 9.17) is 24.4 Å². The summed E-state index contributed by atoms with van der Waals surface area (Å²) in [6.07, 6.45) is 3.09. The highest BCUT2D eigenvalue weighted by Gasteiger charge is 2.15. The second-order valence-corrected chi connectivity index (χ2v) is 8.57. The number of carbonyl (C=O) groups is 1. The van der Waals surface area contributed by atoms with Crippen molar-refractivity contribution in [2.45, 2.75) is 32.1 Å². The van der Waals surface area contributed by atoms with Gasteiger partial charge in [0.15, 0.2) is 0 Å². The van der Waals surface area contributed by atoms with Crippen LogP contribution >= 0.6 is 0 Å². The van der Waals surface area contributed by atoms with E-state index in [1.165, 1.54) is 0 Å².